The molecule has 0 saturated heterocycles. The smallest absolute Gasteiger partial charge is 0.0694 e. The molecule has 0 aromatic carbocycles. The lowest BCUT2D eigenvalue weighted by Gasteiger charge is -2.42. The molecule has 0 heterocycles. The minimum atomic E-state index is 0.230. The van der Waals surface area contributed by atoms with E-state index in [1.807, 2.05) is 7.05 Å². The topological polar surface area (TPSA) is 21.3 Å². The summed E-state index contributed by atoms with van der Waals surface area (Å²) >= 11 is 0. The van der Waals surface area contributed by atoms with E-state index in [-0.39, 0.29) is 5.60 Å². The molecule has 2 heteroatoms. The Morgan fingerprint density at radius 2 is 1.93 bits per heavy atom. The van der Waals surface area contributed by atoms with Crippen LogP contribution >= 0.6 is 0 Å². The monoisotopic (exact) mass is 213 g/mol. The molecule has 0 bridgehead atoms. The van der Waals surface area contributed by atoms with E-state index in [0.29, 0.717) is 5.41 Å². The molecule has 0 amide bonds. The highest BCUT2D eigenvalue weighted by Gasteiger charge is 2.37. The Bertz CT molecular complexity index is 179. The van der Waals surface area contributed by atoms with Gasteiger partial charge in [-0.1, -0.05) is 20.8 Å². The highest BCUT2D eigenvalue weighted by atomic mass is 16.5. The van der Waals surface area contributed by atoms with Gasteiger partial charge in [0.1, 0.15) is 0 Å². The van der Waals surface area contributed by atoms with E-state index in [1.54, 1.807) is 0 Å². The van der Waals surface area contributed by atoms with Crippen LogP contribution in [0.5, 0.6) is 0 Å². The van der Waals surface area contributed by atoms with Crippen molar-refractivity contribution in [2.75, 3.05) is 20.2 Å². The fraction of sp³-hybridized carbons (Fsp3) is 1.00. The van der Waals surface area contributed by atoms with Crippen molar-refractivity contribution in [3.8, 4) is 0 Å². The number of hydrogen-bond acceptors (Lipinski definition) is 2. The zero-order valence-corrected chi connectivity index (χ0v) is 10.9. The maximum absolute atomic E-state index is 6.10. The summed E-state index contributed by atoms with van der Waals surface area (Å²) in [6.07, 6.45) is 6.21. The normalized spacial score (nSPS) is 20.0. The molecule has 90 valence electrons. The molecule has 1 aliphatic rings. The van der Waals surface area contributed by atoms with Gasteiger partial charge in [0.2, 0.25) is 0 Å². The lowest BCUT2D eigenvalue weighted by atomic mass is 9.77. The predicted molar refractivity (Wildman–Crippen MR) is 65.1 cm³/mol. The Morgan fingerprint density at radius 3 is 2.33 bits per heavy atom. The van der Waals surface area contributed by atoms with Gasteiger partial charge in [0.25, 0.3) is 0 Å². The Morgan fingerprint density at radius 1 is 1.27 bits per heavy atom. The van der Waals surface area contributed by atoms with Gasteiger partial charge in [-0.05, 0) is 51.1 Å². The van der Waals surface area contributed by atoms with Crippen molar-refractivity contribution in [3.05, 3.63) is 0 Å². The number of ether oxygens (including phenoxy) is 1. The van der Waals surface area contributed by atoms with Gasteiger partial charge in [-0.25, -0.2) is 0 Å². The molecule has 0 spiro atoms. The summed E-state index contributed by atoms with van der Waals surface area (Å²) in [5, 5.41) is 3.22. The molecule has 2 nitrogen and oxygen atoms in total. The molecule has 0 atom stereocenters. The Hall–Kier alpha value is -0.0800. The quantitative estimate of drug-likeness (QED) is 0.732. The minimum absolute atomic E-state index is 0.230. The lowest BCUT2D eigenvalue weighted by molar-refractivity contribution is -0.109. The second-order valence-electron chi connectivity index (χ2n) is 6.05. The van der Waals surface area contributed by atoms with Crippen LogP contribution in [0.2, 0.25) is 0 Å². The molecule has 1 fully saturated rings. The molecule has 0 radical (unpaired) electrons. The average Bonchev–Trinajstić information content (AvgIpc) is 2.06. The third-order valence-electron chi connectivity index (χ3n) is 3.36. The molecule has 15 heavy (non-hydrogen) atoms. The lowest BCUT2D eigenvalue weighted by Crippen LogP contribution is -2.42. The van der Waals surface area contributed by atoms with Crippen molar-refractivity contribution in [2.24, 2.45) is 5.41 Å². The van der Waals surface area contributed by atoms with Crippen LogP contribution in [0.4, 0.5) is 0 Å². The first-order chi connectivity index (χ1) is 6.97. The van der Waals surface area contributed by atoms with E-state index >= 15 is 0 Å². The van der Waals surface area contributed by atoms with Crippen molar-refractivity contribution in [1.29, 1.82) is 0 Å². The van der Waals surface area contributed by atoms with Gasteiger partial charge < -0.3 is 10.1 Å². The number of hydrogen-bond donors (Lipinski definition) is 1. The maximum atomic E-state index is 6.10. The summed E-state index contributed by atoms with van der Waals surface area (Å²) in [6.45, 7) is 8.83. The van der Waals surface area contributed by atoms with Crippen molar-refractivity contribution < 1.29 is 4.74 Å². The zero-order valence-electron chi connectivity index (χ0n) is 10.9. The van der Waals surface area contributed by atoms with Gasteiger partial charge in [0, 0.05) is 6.61 Å². The predicted octanol–water partition coefficient (Wildman–Crippen LogP) is 2.97. The van der Waals surface area contributed by atoms with E-state index in [2.05, 4.69) is 26.1 Å². The third kappa shape index (κ3) is 4.52. The van der Waals surface area contributed by atoms with Crippen LogP contribution in [-0.4, -0.2) is 25.8 Å². The molecule has 1 aliphatic carbocycles. The molecule has 0 unspecified atom stereocenters. The van der Waals surface area contributed by atoms with Gasteiger partial charge in [-0.2, -0.15) is 0 Å². The van der Waals surface area contributed by atoms with Crippen LogP contribution in [0, 0.1) is 5.41 Å². The van der Waals surface area contributed by atoms with E-state index in [1.165, 1.54) is 25.7 Å². The summed E-state index contributed by atoms with van der Waals surface area (Å²) in [5.74, 6) is 0. The van der Waals surface area contributed by atoms with Crippen molar-refractivity contribution in [1.82, 2.24) is 5.32 Å². The second kappa shape index (κ2) is 5.31. The Kier molecular flexibility index (Phi) is 4.60. The van der Waals surface area contributed by atoms with Gasteiger partial charge in [0.15, 0.2) is 0 Å². The average molecular weight is 213 g/mol. The fourth-order valence-electron chi connectivity index (χ4n) is 1.96. The van der Waals surface area contributed by atoms with Crippen LogP contribution in [0.3, 0.4) is 0 Å². The molecule has 1 rings (SSSR count). The standard InChI is InChI=1S/C13H27NO/c1-12(2,3)9-11-15-13(6-5-7-13)8-10-14-4/h14H,5-11H2,1-4H3. The second-order valence-corrected chi connectivity index (χ2v) is 6.05. The molecule has 0 aromatic rings. The number of nitrogens with one attached hydrogen (secondary N) is 1. The van der Waals surface area contributed by atoms with Crippen molar-refractivity contribution in [2.45, 2.75) is 58.5 Å². The summed E-state index contributed by atoms with van der Waals surface area (Å²) in [6, 6.07) is 0. The van der Waals surface area contributed by atoms with Crippen LogP contribution < -0.4 is 5.32 Å². The highest BCUT2D eigenvalue weighted by molar-refractivity contribution is 4.90. The van der Waals surface area contributed by atoms with E-state index in [4.69, 9.17) is 4.74 Å². The van der Waals surface area contributed by atoms with Gasteiger partial charge in [0.05, 0.1) is 5.60 Å². The zero-order chi connectivity index (χ0) is 11.4. The highest BCUT2D eigenvalue weighted by Crippen LogP contribution is 2.38. The Labute approximate surface area is 94.8 Å². The minimum Gasteiger partial charge on any atom is -0.375 e. The van der Waals surface area contributed by atoms with Gasteiger partial charge in [-0.3, -0.25) is 0 Å². The van der Waals surface area contributed by atoms with Crippen LogP contribution in [-0.2, 0) is 4.74 Å². The summed E-state index contributed by atoms with van der Waals surface area (Å²) in [5.41, 5.74) is 0.627. The largest absolute Gasteiger partial charge is 0.375 e. The van der Waals surface area contributed by atoms with Crippen LogP contribution in [0.1, 0.15) is 52.9 Å². The molecular weight excluding hydrogens is 186 g/mol. The molecule has 0 aliphatic heterocycles. The molecule has 1 N–H and O–H groups in total. The molecular formula is C13H27NO. The van der Waals surface area contributed by atoms with Gasteiger partial charge >= 0.3 is 0 Å². The van der Waals surface area contributed by atoms with E-state index in [0.717, 1.165) is 19.6 Å². The SMILES string of the molecule is CNCCC1(OCCC(C)(C)C)CCC1. The van der Waals surface area contributed by atoms with Crippen molar-refractivity contribution in [3.63, 3.8) is 0 Å². The molecule has 0 aromatic heterocycles. The Balaban J connectivity index is 2.22. The van der Waals surface area contributed by atoms with E-state index in [9.17, 15) is 0 Å². The number of rotatable bonds is 6. The first-order valence-electron chi connectivity index (χ1n) is 6.26. The fourth-order valence-corrected chi connectivity index (χ4v) is 1.96. The third-order valence-corrected chi connectivity index (χ3v) is 3.36. The van der Waals surface area contributed by atoms with Crippen LogP contribution in [0.25, 0.3) is 0 Å². The van der Waals surface area contributed by atoms with Crippen molar-refractivity contribution >= 4 is 0 Å². The summed E-state index contributed by atoms with van der Waals surface area (Å²) < 4.78 is 6.10. The van der Waals surface area contributed by atoms with E-state index < -0.39 is 0 Å². The first kappa shape index (κ1) is 13.0. The first-order valence-corrected chi connectivity index (χ1v) is 6.26. The maximum Gasteiger partial charge on any atom is 0.0694 e. The summed E-state index contributed by atoms with van der Waals surface area (Å²) in [4.78, 5) is 0. The van der Waals surface area contributed by atoms with Crippen LogP contribution in [0.15, 0.2) is 0 Å². The molecule has 1 saturated carbocycles. The summed E-state index contributed by atoms with van der Waals surface area (Å²) in [7, 11) is 2.02. The van der Waals surface area contributed by atoms with Gasteiger partial charge in [-0.15, -0.1) is 0 Å².